The largest absolute Gasteiger partial charge is 0.478 e. The van der Waals surface area contributed by atoms with Crippen LogP contribution in [-0.2, 0) is 33.3 Å². The maximum Gasteiger partial charge on any atom is 0.335 e. The number of halogens is 6. The lowest BCUT2D eigenvalue weighted by Gasteiger charge is -2.44. The topological polar surface area (TPSA) is 262 Å². The van der Waals surface area contributed by atoms with Crippen molar-refractivity contribution >= 4 is 70.1 Å². The van der Waals surface area contributed by atoms with Crippen LogP contribution in [0, 0.1) is 45.5 Å². The molecule has 17 nitrogen and oxygen atoms in total. The van der Waals surface area contributed by atoms with E-state index in [-0.39, 0.29) is 101 Å². The van der Waals surface area contributed by atoms with Gasteiger partial charge < -0.3 is 56.0 Å². The second-order valence-corrected chi connectivity index (χ2v) is 24.0. The van der Waals surface area contributed by atoms with Crippen molar-refractivity contribution in [3.05, 3.63) is 104 Å². The number of nitrogens with one attached hydrogen (secondary N) is 3. The molecule has 23 heteroatoms. The minimum Gasteiger partial charge on any atom is -0.478 e. The summed E-state index contributed by atoms with van der Waals surface area (Å²) >= 11 is 16.7. The molecule has 6 atom stereocenters. The number of ketones is 2. The van der Waals surface area contributed by atoms with E-state index in [9.17, 15) is 47.0 Å². The number of carboxylic acids is 1. The van der Waals surface area contributed by atoms with Crippen LogP contribution in [0.3, 0.4) is 0 Å². The fourth-order valence-electron chi connectivity index (χ4n) is 7.16. The Morgan fingerprint density at radius 2 is 0.975 bits per heavy atom. The summed E-state index contributed by atoms with van der Waals surface area (Å²) in [5, 5.41) is 35.3. The summed E-state index contributed by atoms with van der Waals surface area (Å²) in [6.45, 7) is 25.1. The Morgan fingerprint density at radius 3 is 1.31 bits per heavy atom. The number of ether oxygens (including phenoxy) is 4. The third-order valence-corrected chi connectivity index (χ3v) is 13.1. The Morgan fingerprint density at radius 1 is 0.637 bits per heavy atom. The van der Waals surface area contributed by atoms with E-state index in [0.717, 1.165) is 24.3 Å². The lowest BCUT2D eigenvalue weighted by atomic mass is 9.85. The first-order valence-electron chi connectivity index (χ1n) is 25.4. The second-order valence-electron chi connectivity index (χ2n) is 22.8. The van der Waals surface area contributed by atoms with Crippen LogP contribution in [0.15, 0.2) is 54.6 Å². The van der Waals surface area contributed by atoms with Gasteiger partial charge in [-0.3, -0.25) is 24.0 Å². The molecule has 0 radical (unpaired) electrons. The molecule has 0 bridgehead atoms. The molecular formula is C57H82Cl3F3N4O13. The van der Waals surface area contributed by atoms with Crippen molar-refractivity contribution in [1.29, 1.82) is 0 Å². The molecule has 2 aliphatic rings. The number of carbonyl (C=O) groups is 6. The van der Waals surface area contributed by atoms with Crippen LogP contribution in [0.5, 0.6) is 0 Å². The quantitative estimate of drug-likeness (QED) is 0.0585. The monoisotopic (exact) mass is 1190 g/mol. The SMILES string of the molecule is C.C[C@@H](CNC(=O)[C@@H]1OC(C)(C)OCC1(C)C)CC(=O)c1ccc(F)c(Cl)c1.C[C@@H](CNC(=O)[C@H](O)C(C)(C)CO)CC(=O)c1ccc(F)c(Cl)c1.C[C@H](N)CNC(=O)[C@@H]1OC(C)(C)OCC1(C)C.O=C(O)c1ccc(F)c(Cl)c1. The van der Waals surface area contributed by atoms with E-state index in [1.54, 1.807) is 34.6 Å². The number of nitrogens with two attached hydrogens (primary N) is 1. The number of rotatable bonds is 18. The van der Waals surface area contributed by atoms with Crippen molar-refractivity contribution < 1.29 is 76.2 Å². The number of aliphatic hydroxyl groups is 2. The molecule has 5 rings (SSSR count). The van der Waals surface area contributed by atoms with Crippen molar-refractivity contribution in [2.45, 2.75) is 146 Å². The number of hydrogen-bond donors (Lipinski definition) is 7. The Bertz CT molecular complexity index is 2580. The van der Waals surface area contributed by atoms with Crippen LogP contribution in [-0.4, -0.2) is 126 Å². The predicted octanol–water partition coefficient (Wildman–Crippen LogP) is 9.61. The highest BCUT2D eigenvalue weighted by Gasteiger charge is 2.47. The van der Waals surface area contributed by atoms with E-state index in [2.05, 4.69) is 16.0 Å². The highest BCUT2D eigenvalue weighted by Crippen LogP contribution is 2.36. The van der Waals surface area contributed by atoms with Gasteiger partial charge in [-0.1, -0.05) is 97.6 Å². The van der Waals surface area contributed by atoms with E-state index >= 15 is 0 Å². The lowest BCUT2D eigenvalue weighted by Crippen LogP contribution is -2.57. The summed E-state index contributed by atoms with van der Waals surface area (Å²) in [5.41, 5.74) is 4.52. The van der Waals surface area contributed by atoms with Crippen LogP contribution in [0.2, 0.25) is 15.1 Å². The normalized spacial score (nSPS) is 19.1. The number of carboxylic acid groups (broad SMARTS) is 1. The molecule has 3 aromatic rings. The van der Waals surface area contributed by atoms with Gasteiger partial charge in [-0.25, -0.2) is 18.0 Å². The Labute approximate surface area is 483 Å². The van der Waals surface area contributed by atoms with Gasteiger partial charge in [0.05, 0.1) is 40.5 Å². The summed E-state index contributed by atoms with van der Waals surface area (Å²) in [6.07, 6.45) is -2.14. The maximum absolute atomic E-state index is 13.2. The maximum atomic E-state index is 13.2. The van der Waals surface area contributed by atoms with E-state index in [1.807, 2.05) is 55.4 Å². The molecule has 0 unspecified atom stereocenters. The van der Waals surface area contributed by atoms with Crippen LogP contribution in [0.4, 0.5) is 13.2 Å². The van der Waals surface area contributed by atoms with Crippen LogP contribution < -0.4 is 21.7 Å². The summed E-state index contributed by atoms with van der Waals surface area (Å²) in [7, 11) is 0. The molecule has 2 saturated heterocycles. The van der Waals surface area contributed by atoms with Crippen LogP contribution in [0.25, 0.3) is 0 Å². The average molecular weight is 1190 g/mol. The third-order valence-electron chi connectivity index (χ3n) is 12.2. The van der Waals surface area contributed by atoms with Gasteiger partial charge in [0.15, 0.2) is 23.1 Å². The second kappa shape index (κ2) is 31.6. The summed E-state index contributed by atoms with van der Waals surface area (Å²) in [5.74, 6) is -6.00. The number of aromatic carboxylic acids is 1. The highest BCUT2D eigenvalue weighted by molar-refractivity contribution is 6.31. The first-order valence-corrected chi connectivity index (χ1v) is 26.5. The smallest absolute Gasteiger partial charge is 0.335 e. The fraction of sp³-hybridized carbons (Fsp3) is 0.579. The van der Waals surface area contributed by atoms with Gasteiger partial charge in [0, 0.05) is 65.9 Å². The molecule has 3 aromatic carbocycles. The van der Waals surface area contributed by atoms with Gasteiger partial charge in [0.1, 0.15) is 35.8 Å². The molecule has 8 N–H and O–H groups in total. The lowest BCUT2D eigenvalue weighted by molar-refractivity contribution is -0.304. The van der Waals surface area contributed by atoms with Gasteiger partial charge in [0.25, 0.3) is 0 Å². The average Bonchev–Trinajstić information content (AvgIpc) is 3.36. The van der Waals surface area contributed by atoms with Crippen molar-refractivity contribution in [1.82, 2.24) is 16.0 Å². The molecule has 2 heterocycles. The zero-order valence-electron chi connectivity index (χ0n) is 47.1. The highest BCUT2D eigenvalue weighted by atomic mass is 35.5. The summed E-state index contributed by atoms with van der Waals surface area (Å²) in [6, 6.07) is 10.9. The zero-order valence-corrected chi connectivity index (χ0v) is 49.4. The Balaban J connectivity index is 0.000000554. The van der Waals surface area contributed by atoms with Crippen molar-refractivity contribution in [3.8, 4) is 0 Å². The molecule has 3 amide bonds. The molecule has 450 valence electrons. The minimum absolute atomic E-state index is 0. The van der Waals surface area contributed by atoms with Crippen LogP contribution in [0.1, 0.15) is 141 Å². The Hall–Kier alpha value is -4.74. The number of benzene rings is 3. The van der Waals surface area contributed by atoms with Gasteiger partial charge >= 0.3 is 5.97 Å². The number of hydrogen-bond acceptors (Lipinski definition) is 13. The van der Waals surface area contributed by atoms with E-state index < -0.39 is 70.0 Å². The molecule has 2 fully saturated rings. The number of aliphatic hydroxyl groups excluding tert-OH is 2. The van der Waals surface area contributed by atoms with Gasteiger partial charge in [0.2, 0.25) is 17.7 Å². The van der Waals surface area contributed by atoms with Gasteiger partial charge in [-0.05, 0) is 101 Å². The van der Waals surface area contributed by atoms with Gasteiger partial charge in [-0.15, -0.1) is 0 Å². The van der Waals surface area contributed by atoms with E-state index in [4.69, 9.17) is 69.7 Å². The van der Waals surface area contributed by atoms with Crippen molar-refractivity contribution in [2.75, 3.05) is 39.5 Å². The van der Waals surface area contributed by atoms with Crippen molar-refractivity contribution in [3.63, 3.8) is 0 Å². The van der Waals surface area contributed by atoms with Crippen LogP contribution >= 0.6 is 34.8 Å². The van der Waals surface area contributed by atoms with Gasteiger partial charge in [-0.2, -0.15) is 0 Å². The van der Waals surface area contributed by atoms with Crippen molar-refractivity contribution in [2.24, 2.45) is 33.8 Å². The molecule has 80 heavy (non-hydrogen) atoms. The molecular weight excluding hydrogens is 1110 g/mol. The number of amides is 3. The Kier molecular flexibility index (Phi) is 29.0. The summed E-state index contributed by atoms with van der Waals surface area (Å²) < 4.78 is 61.5. The molecule has 0 aromatic heterocycles. The standard InChI is InChI=1S/C20H27ClFNO4.C17H23ClFNO4.C12H24N2O3.C7H4ClFO2.CH4/c1-12(8-16(24)13-6-7-15(22)14(21)9-13)10-23-18(25)17-19(2,3)11-26-20(4,5)27-17;1-10(8-20-16(24)15(23)17(2,3)9-21)6-14(22)11-4-5-13(19)12(18)7-11;1-8(13)6-14-10(15)9-11(2,3)7-16-12(4,5)17-9;8-5-3-4(7(10)11)1-2-6(5)9;/h6-7,9,12,17H,8,10-11H2,1-5H3,(H,23,25);4-5,7,10,15,21,23H,6,8-9H2,1-3H3,(H,20,24);8-9H,6-7,13H2,1-5H3,(H,14,15);1-3H,(H,10,11);1H4/t12-,17+;10-,15+;8-,9-;;/m110../s1. The van der Waals surface area contributed by atoms with E-state index in [1.165, 1.54) is 30.3 Å². The zero-order chi connectivity index (χ0) is 60.6. The molecule has 0 saturated carbocycles. The number of Topliss-reactive ketones (excluding diaryl/α,β-unsaturated/α-hetero) is 2. The third kappa shape index (κ3) is 24.0. The fourth-order valence-corrected chi connectivity index (χ4v) is 7.70. The number of carbonyl (C=O) groups excluding carboxylic acids is 5. The molecule has 2 aliphatic heterocycles. The van der Waals surface area contributed by atoms with E-state index in [0.29, 0.717) is 37.4 Å². The first-order chi connectivity index (χ1) is 36.2. The first kappa shape index (κ1) is 73.3. The molecule has 0 spiro atoms. The predicted molar refractivity (Wildman–Crippen MR) is 301 cm³/mol. The molecule has 0 aliphatic carbocycles. The summed E-state index contributed by atoms with van der Waals surface area (Å²) in [4.78, 5) is 71.3. The minimum atomic E-state index is -1.35.